The van der Waals surface area contributed by atoms with Gasteiger partial charge >= 0.3 is 0 Å². The summed E-state index contributed by atoms with van der Waals surface area (Å²) in [4.78, 5) is 0. The van der Waals surface area contributed by atoms with Crippen molar-refractivity contribution in [2.24, 2.45) is 0 Å². The maximum Gasteiger partial charge on any atom is 0.136 e. The number of halogens is 1. The number of hydrogen-bond acceptors (Lipinski definition) is 1. The van der Waals surface area contributed by atoms with E-state index in [1.807, 2.05) is 12.1 Å². The van der Waals surface area contributed by atoms with E-state index in [0.29, 0.717) is 0 Å². The number of hydrogen-bond donors (Lipinski definition) is 0. The summed E-state index contributed by atoms with van der Waals surface area (Å²) in [6, 6.07) is 23.4. The van der Waals surface area contributed by atoms with Crippen LogP contribution in [0.3, 0.4) is 0 Å². The monoisotopic (exact) mass is 346 g/mol. The van der Waals surface area contributed by atoms with E-state index < -0.39 is 0 Å². The van der Waals surface area contributed by atoms with Gasteiger partial charge in [0.25, 0.3) is 0 Å². The van der Waals surface area contributed by atoms with Crippen LogP contribution in [0.1, 0.15) is 0 Å². The van der Waals surface area contributed by atoms with Crippen LogP contribution in [0.2, 0.25) is 0 Å². The van der Waals surface area contributed by atoms with E-state index in [9.17, 15) is 0 Å². The Morgan fingerprint density at radius 3 is 2.32 bits per heavy atom. The van der Waals surface area contributed by atoms with Gasteiger partial charge in [0.2, 0.25) is 0 Å². The van der Waals surface area contributed by atoms with Gasteiger partial charge < -0.3 is 4.42 Å². The molecule has 0 bridgehead atoms. The molecule has 0 aliphatic carbocycles. The Hall–Kier alpha value is -2.32. The molecule has 5 aromatic rings. The zero-order valence-electron chi connectivity index (χ0n) is 11.6. The predicted octanol–water partition coefficient (Wildman–Crippen LogP) is 6.65. The molecular weight excluding hydrogens is 336 g/mol. The highest BCUT2D eigenvalue weighted by Gasteiger charge is 2.09. The first-order valence-corrected chi connectivity index (χ1v) is 8.02. The van der Waals surface area contributed by atoms with Gasteiger partial charge in [-0.25, -0.2) is 0 Å². The average molecular weight is 347 g/mol. The molecular formula is C20H11BrO. The second-order valence-corrected chi connectivity index (χ2v) is 6.51. The topological polar surface area (TPSA) is 13.1 Å². The molecule has 0 saturated heterocycles. The Labute approximate surface area is 135 Å². The Bertz CT molecular complexity index is 1180. The van der Waals surface area contributed by atoms with Crippen molar-refractivity contribution in [2.75, 3.05) is 0 Å². The third-order valence-corrected chi connectivity index (χ3v) is 4.79. The Morgan fingerprint density at radius 2 is 1.41 bits per heavy atom. The van der Waals surface area contributed by atoms with Crippen LogP contribution in [-0.4, -0.2) is 0 Å². The Balaban J connectivity index is 2.02. The van der Waals surface area contributed by atoms with Gasteiger partial charge in [-0.1, -0.05) is 52.3 Å². The largest absolute Gasteiger partial charge is 0.456 e. The van der Waals surface area contributed by atoms with E-state index in [-0.39, 0.29) is 0 Å². The summed E-state index contributed by atoms with van der Waals surface area (Å²) in [6.07, 6.45) is 0. The van der Waals surface area contributed by atoms with Crippen molar-refractivity contribution in [3.63, 3.8) is 0 Å². The molecule has 0 fully saturated rings. The van der Waals surface area contributed by atoms with Crippen LogP contribution < -0.4 is 0 Å². The summed E-state index contributed by atoms with van der Waals surface area (Å²) in [5.74, 6) is 0. The molecule has 1 aromatic heterocycles. The van der Waals surface area contributed by atoms with Crippen molar-refractivity contribution in [1.82, 2.24) is 0 Å². The molecule has 2 heteroatoms. The minimum Gasteiger partial charge on any atom is -0.456 e. The van der Waals surface area contributed by atoms with Gasteiger partial charge in [-0.15, -0.1) is 0 Å². The fourth-order valence-electron chi connectivity index (χ4n) is 3.25. The standard InChI is InChI=1S/C20H11BrO/c21-14-7-8-15-12(9-14)5-6-13-10-20-18(11-17(13)15)16-3-1-2-4-19(16)22-20/h1-11H. The minimum atomic E-state index is 0.944. The summed E-state index contributed by atoms with van der Waals surface area (Å²) in [7, 11) is 0. The number of benzene rings is 4. The Morgan fingerprint density at radius 1 is 0.591 bits per heavy atom. The van der Waals surface area contributed by atoms with Crippen molar-refractivity contribution < 1.29 is 4.42 Å². The van der Waals surface area contributed by atoms with Crippen LogP contribution in [-0.2, 0) is 0 Å². The molecule has 0 spiro atoms. The lowest BCUT2D eigenvalue weighted by Gasteiger charge is -2.05. The zero-order chi connectivity index (χ0) is 14.7. The highest BCUT2D eigenvalue weighted by atomic mass is 79.9. The second-order valence-electron chi connectivity index (χ2n) is 5.60. The molecule has 5 rings (SSSR count). The zero-order valence-corrected chi connectivity index (χ0v) is 13.2. The molecule has 0 aliphatic heterocycles. The summed E-state index contributed by atoms with van der Waals surface area (Å²) >= 11 is 3.55. The van der Waals surface area contributed by atoms with E-state index in [4.69, 9.17) is 4.42 Å². The lowest BCUT2D eigenvalue weighted by molar-refractivity contribution is 0.669. The first kappa shape index (κ1) is 12.2. The first-order chi connectivity index (χ1) is 10.8. The minimum absolute atomic E-state index is 0.944. The highest BCUT2D eigenvalue weighted by Crippen LogP contribution is 2.35. The number of furan rings is 1. The number of rotatable bonds is 0. The molecule has 0 amide bonds. The van der Waals surface area contributed by atoms with Crippen molar-refractivity contribution in [2.45, 2.75) is 0 Å². The van der Waals surface area contributed by atoms with E-state index in [2.05, 4.69) is 70.5 Å². The summed E-state index contributed by atoms with van der Waals surface area (Å²) in [5.41, 5.74) is 1.89. The van der Waals surface area contributed by atoms with Crippen LogP contribution >= 0.6 is 15.9 Å². The molecule has 0 unspecified atom stereocenters. The van der Waals surface area contributed by atoms with Crippen molar-refractivity contribution in [3.8, 4) is 0 Å². The molecule has 104 valence electrons. The molecule has 0 atom stereocenters. The highest BCUT2D eigenvalue weighted by molar-refractivity contribution is 9.10. The smallest absolute Gasteiger partial charge is 0.136 e. The van der Waals surface area contributed by atoms with Crippen molar-refractivity contribution in [3.05, 3.63) is 71.2 Å². The second kappa shape index (κ2) is 4.34. The summed E-state index contributed by atoms with van der Waals surface area (Å²) < 4.78 is 7.09. The average Bonchev–Trinajstić information content (AvgIpc) is 2.90. The SMILES string of the molecule is Brc1ccc2c(ccc3cc4oc5ccccc5c4cc32)c1. The van der Waals surface area contributed by atoms with E-state index in [1.54, 1.807) is 0 Å². The van der Waals surface area contributed by atoms with Gasteiger partial charge in [-0.3, -0.25) is 0 Å². The molecule has 1 heterocycles. The maximum absolute atomic E-state index is 5.98. The van der Waals surface area contributed by atoms with E-state index in [1.165, 1.54) is 32.3 Å². The molecule has 4 aromatic carbocycles. The molecule has 22 heavy (non-hydrogen) atoms. The van der Waals surface area contributed by atoms with Crippen LogP contribution in [0.15, 0.2) is 75.6 Å². The molecule has 1 nitrogen and oxygen atoms in total. The summed E-state index contributed by atoms with van der Waals surface area (Å²) in [6.45, 7) is 0. The summed E-state index contributed by atoms with van der Waals surface area (Å²) in [5, 5.41) is 7.35. The number of para-hydroxylation sites is 1. The van der Waals surface area contributed by atoms with Crippen molar-refractivity contribution in [1.29, 1.82) is 0 Å². The predicted molar refractivity (Wildman–Crippen MR) is 96.4 cm³/mol. The quantitative estimate of drug-likeness (QED) is 0.286. The molecule has 0 N–H and O–H groups in total. The maximum atomic E-state index is 5.98. The fraction of sp³-hybridized carbons (Fsp3) is 0. The third-order valence-electron chi connectivity index (χ3n) is 4.30. The van der Waals surface area contributed by atoms with Crippen molar-refractivity contribution >= 4 is 59.4 Å². The molecule has 0 radical (unpaired) electrons. The fourth-order valence-corrected chi connectivity index (χ4v) is 3.63. The van der Waals surface area contributed by atoms with Gasteiger partial charge in [-0.05, 0) is 51.9 Å². The van der Waals surface area contributed by atoms with Gasteiger partial charge in [-0.2, -0.15) is 0 Å². The van der Waals surface area contributed by atoms with Crippen LogP contribution in [0.25, 0.3) is 43.5 Å². The van der Waals surface area contributed by atoms with Crippen LogP contribution in [0.4, 0.5) is 0 Å². The lowest BCUT2D eigenvalue weighted by atomic mass is 10.00. The van der Waals surface area contributed by atoms with Gasteiger partial charge in [0.1, 0.15) is 11.2 Å². The van der Waals surface area contributed by atoms with Gasteiger partial charge in [0.05, 0.1) is 0 Å². The van der Waals surface area contributed by atoms with Gasteiger partial charge in [0.15, 0.2) is 0 Å². The first-order valence-electron chi connectivity index (χ1n) is 7.23. The lowest BCUT2D eigenvalue weighted by Crippen LogP contribution is -1.78. The van der Waals surface area contributed by atoms with Crippen LogP contribution in [0.5, 0.6) is 0 Å². The Kier molecular flexibility index (Phi) is 2.42. The molecule has 0 saturated carbocycles. The van der Waals surface area contributed by atoms with E-state index in [0.717, 1.165) is 15.6 Å². The number of fused-ring (bicyclic) bond motifs is 6. The normalized spacial score (nSPS) is 11.9. The van der Waals surface area contributed by atoms with E-state index >= 15 is 0 Å². The van der Waals surface area contributed by atoms with Crippen LogP contribution in [0, 0.1) is 0 Å². The van der Waals surface area contributed by atoms with Gasteiger partial charge in [0, 0.05) is 15.2 Å². The third kappa shape index (κ3) is 1.65. The molecule has 0 aliphatic rings.